The van der Waals surface area contributed by atoms with Crippen LogP contribution in [0.5, 0.6) is 0 Å². The minimum absolute atomic E-state index is 0.0333. The first-order valence-corrected chi connectivity index (χ1v) is 12.3. The second-order valence-electron chi connectivity index (χ2n) is 8.11. The van der Waals surface area contributed by atoms with Crippen LogP contribution in [0.3, 0.4) is 0 Å². The third kappa shape index (κ3) is 4.73. The van der Waals surface area contributed by atoms with E-state index in [0.717, 1.165) is 50.9 Å². The van der Waals surface area contributed by atoms with Crippen LogP contribution in [0.2, 0.25) is 5.15 Å². The van der Waals surface area contributed by atoms with Crippen molar-refractivity contribution in [1.29, 1.82) is 0 Å². The summed E-state index contributed by atoms with van der Waals surface area (Å²) in [4.78, 5) is 20.5. The van der Waals surface area contributed by atoms with Gasteiger partial charge < -0.3 is 9.72 Å². The van der Waals surface area contributed by atoms with Gasteiger partial charge in [-0.25, -0.2) is 13.4 Å². The van der Waals surface area contributed by atoms with E-state index in [1.807, 2.05) is 12.1 Å². The van der Waals surface area contributed by atoms with Crippen LogP contribution in [-0.4, -0.2) is 43.6 Å². The molecule has 2 fully saturated rings. The lowest BCUT2D eigenvalue weighted by atomic mass is 9.84. The van der Waals surface area contributed by atoms with Gasteiger partial charge in [-0.2, -0.15) is 0 Å². The predicted octanol–water partition coefficient (Wildman–Crippen LogP) is 4.01. The Labute approximate surface area is 175 Å². The second kappa shape index (κ2) is 8.20. The molecule has 0 radical (unpaired) electrons. The summed E-state index contributed by atoms with van der Waals surface area (Å²) in [6, 6.07) is 6.92. The lowest BCUT2D eigenvalue weighted by molar-refractivity contribution is 0.0625. The number of sulfone groups is 1. The summed E-state index contributed by atoms with van der Waals surface area (Å²) in [6.07, 6.45) is 5.79. The zero-order valence-corrected chi connectivity index (χ0v) is 17.9. The molecule has 1 aromatic heterocycles. The third-order valence-corrected chi connectivity index (χ3v) is 7.23. The SMILES string of the molecule is CS(=O)(=O)c1ccc(C(CC2CCOCC2)c2nc(Cl)c(C(=O)C3CC3)[nH]2)cc1. The molecular formula is C21H25ClN2O4S. The molecule has 0 spiro atoms. The number of imidazole rings is 1. The molecule has 29 heavy (non-hydrogen) atoms. The van der Waals surface area contributed by atoms with Crippen molar-refractivity contribution in [3.8, 4) is 0 Å². The van der Waals surface area contributed by atoms with E-state index < -0.39 is 9.84 Å². The van der Waals surface area contributed by atoms with Gasteiger partial charge in [-0.05, 0) is 55.7 Å². The Morgan fingerprint density at radius 2 is 1.86 bits per heavy atom. The molecule has 2 aromatic rings. The number of nitrogens with one attached hydrogen (secondary N) is 1. The fourth-order valence-corrected chi connectivity index (χ4v) is 4.78. The normalized spacial score (nSPS) is 19.2. The van der Waals surface area contributed by atoms with Gasteiger partial charge in [0.2, 0.25) is 0 Å². The van der Waals surface area contributed by atoms with Crippen molar-refractivity contribution < 1.29 is 17.9 Å². The van der Waals surface area contributed by atoms with Crippen molar-refractivity contribution in [1.82, 2.24) is 9.97 Å². The summed E-state index contributed by atoms with van der Waals surface area (Å²) in [5.74, 6) is 1.13. The molecule has 1 saturated heterocycles. The van der Waals surface area contributed by atoms with E-state index >= 15 is 0 Å². The van der Waals surface area contributed by atoms with Crippen LogP contribution in [0.1, 0.15) is 59.9 Å². The maximum Gasteiger partial charge on any atom is 0.185 e. The molecule has 4 rings (SSSR count). The number of ketones is 1. The van der Waals surface area contributed by atoms with Gasteiger partial charge in [0.15, 0.2) is 20.8 Å². The Kier molecular flexibility index (Phi) is 5.82. The highest BCUT2D eigenvalue weighted by Gasteiger charge is 2.34. The Morgan fingerprint density at radius 1 is 1.21 bits per heavy atom. The molecule has 2 heterocycles. The molecule has 156 valence electrons. The molecule has 2 aliphatic rings. The molecule has 0 bridgehead atoms. The fourth-order valence-electron chi connectivity index (χ4n) is 3.92. The average Bonchev–Trinajstić information content (AvgIpc) is 3.48. The van der Waals surface area contributed by atoms with Crippen molar-refractivity contribution in [2.24, 2.45) is 11.8 Å². The molecule has 1 saturated carbocycles. The fraction of sp³-hybridized carbons (Fsp3) is 0.524. The van der Waals surface area contributed by atoms with Gasteiger partial charge in [-0.3, -0.25) is 4.79 Å². The van der Waals surface area contributed by atoms with Crippen molar-refractivity contribution in [3.05, 3.63) is 46.5 Å². The largest absolute Gasteiger partial charge is 0.381 e. The predicted molar refractivity (Wildman–Crippen MR) is 110 cm³/mol. The first-order chi connectivity index (χ1) is 13.8. The monoisotopic (exact) mass is 436 g/mol. The van der Waals surface area contributed by atoms with Crippen LogP contribution in [-0.2, 0) is 14.6 Å². The van der Waals surface area contributed by atoms with Crippen molar-refractivity contribution in [3.63, 3.8) is 0 Å². The van der Waals surface area contributed by atoms with Gasteiger partial charge in [0, 0.05) is 31.3 Å². The first kappa shape index (κ1) is 20.6. The topological polar surface area (TPSA) is 89.1 Å². The maximum absolute atomic E-state index is 12.5. The van der Waals surface area contributed by atoms with Gasteiger partial charge in [0.05, 0.1) is 4.90 Å². The number of hydrogen-bond acceptors (Lipinski definition) is 5. The minimum atomic E-state index is -3.26. The summed E-state index contributed by atoms with van der Waals surface area (Å²) < 4.78 is 29.1. The molecule has 1 aliphatic carbocycles. The van der Waals surface area contributed by atoms with E-state index in [9.17, 15) is 13.2 Å². The van der Waals surface area contributed by atoms with E-state index in [2.05, 4.69) is 9.97 Å². The Hall–Kier alpha value is -1.70. The number of aromatic nitrogens is 2. The Bertz CT molecular complexity index is 990. The first-order valence-electron chi connectivity index (χ1n) is 10.0. The van der Waals surface area contributed by atoms with E-state index in [-0.39, 0.29) is 27.7 Å². The summed E-state index contributed by atoms with van der Waals surface area (Å²) in [7, 11) is -3.26. The number of carbonyl (C=O) groups excluding carboxylic acids is 1. The van der Waals surface area contributed by atoms with E-state index in [0.29, 0.717) is 17.4 Å². The van der Waals surface area contributed by atoms with Crippen LogP contribution in [0, 0.1) is 11.8 Å². The Morgan fingerprint density at radius 3 is 2.45 bits per heavy atom. The number of halogens is 1. The molecular weight excluding hydrogens is 412 g/mol. The molecule has 1 N–H and O–H groups in total. The van der Waals surface area contributed by atoms with Crippen molar-refractivity contribution in [2.75, 3.05) is 19.5 Å². The van der Waals surface area contributed by atoms with Crippen LogP contribution in [0.4, 0.5) is 0 Å². The molecule has 0 amide bonds. The zero-order valence-electron chi connectivity index (χ0n) is 16.4. The van der Waals surface area contributed by atoms with Crippen LogP contribution < -0.4 is 0 Å². The van der Waals surface area contributed by atoms with Gasteiger partial charge in [-0.1, -0.05) is 23.7 Å². The quantitative estimate of drug-likeness (QED) is 0.662. The third-order valence-electron chi connectivity index (χ3n) is 5.82. The van der Waals surface area contributed by atoms with Gasteiger partial charge in [-0.15, -0.1) is 0 Å². The van der Waals surface area contributed by atoms with Crippen LogP contribution >= 0.6 is 11.6 Å². The number of rotatable bonds is 7. The number of ether oxygens (including phenoxy) is 1. The van der Waals surface area contributed by atoms with Crippen LogP contribution in [0.15, 0.2) is 29.2 Å². The van der Waals surface area contributed by atoms with Gasteiger partial charge >= 0.3 is 0 Å². The van der Waals surface area contributed by atoms with E-state index in [1.165, 1.54) is 6.26 Å². The molecule has 1 atom stereocenters. The summed E-state index contributed by atoms with van der Waals surface area (Å²) >= 11 is 6.31. The lowest BCUT2D eigenvalue weighted by Crippen LogP contribution is -2.19. The summed E-state index contributed by atoms with van der Waals surface area (Å²) in [6.45, 7) is 1.49. The van der Waals surface area contributed by atoms with E-state index in [4.69, 9.17) is 16.3 Å². The zero-order chi connectivity index (χ0) is 20.6. The number of hydrogen-bond donors (Lipinski definition) is 1. The summed E-state index contributed by atoms with van der Waals surface area (Å²) in [5.41, 5.74) is 1.36. The smallest absolute Gasteiger partial charge is 0.185 e. The number of nitrogens with zero attached hydrogens (tertiary/aromatic N) is 1. The highest BCUT2D eigenvalue weighted by atomic mass is 35.5. The molecule has 1 aliphatic heterocycles. The van der Waals surface area contributed by atoms with Gasteiger partial charge in [0.1, 0.15) is 11.5 Å². The molecule has 6 nitrogen and oxygen atoms in total. The van der Waals surface area contributed by atoms with Crippen molar-refractivity contribution in [2.45, 2.75) is 42.9 Å². The van der Waals surface area contributed by atoms with Crippen LogP contribution in [0.25, 0.3) is 0 Å². The highest BCUT2D eigenvalue weighted by Crippen LogP contribution is 2.37. The second-order valence-corrected chi connectivity index (χ2v) is 10.5. The highest BCUT2D eigenvalue weighted by molar-refractivity contribution is 7.90. The Balaban J connectivity index is 1.66. The molecule has 8 heteroatoms. The van der Waals surface area contributed by atoms with Gasteiger partial charge in [0.25, 0.3) is 0 Å². The summed E-state index contributed by atoms with van der Waals surface area (Å²) in [5, 5.41) is 0.224. The number of benzene rings is 1. The number of H-pyrrole nitrogens is 1. The molecule has 1 unspecified atom stereocenters. The lowest BCUT2D eigenvalue weighted by Gasteiger charge is -2.26. The van der Waals surface area contributed by atoms with Crippen molar-refractivity contribution >= 4 is 27.2 Å². The molecule has 1 aromatic carbocycles. The maximum atomic E-state index is 12.5. The number of carbonyl (C=O) groups is 1. The average molecular weight is 437 g/mol. The number of Topliss-reactive ketones (excluding diaryl/α,β-unsaturated/α-hetero) is 1. The van der Waals surface area contributed by atoms with E-state index in [1.54, 1.807) is 12.1 Å². The standard InChI is InChI=1S/C21H25ClN2O4S/c1-29(26,27)16-6-4-14(5-7-16)17(12-13-8-10-28-11-9-13)21-23-18(20(22)24-21)19(25)15-2-3-15/h4-7,13,15,17H,2-3,8-12H2,1H3,(H,23,24). The number of aromatic amines is 1. The minimum Gasteiger partial charge on any atom is -0.381 e.